The molecule has 2 aromatic heterocycles. The predicted octanol–water partition coefficient (Wildman–Crippen LogP) is 3.02. The summed E-state index contributed by atoms with van der Waals surface area (Å²) < 4.78 is 1.68. The first-order valence-electron chi connectivity index (χ1n) is 8.26. The molecule has 0 bridgehead atoms. The number of hydrogen-bond donors (Lipinski definition) is 1. The number of nitrogens with one attached hydrogen (secondary N) is 1. The van der Waals surface area contributed by atoms with Crippen LogP contribution in [-0.4, -0.2) is 25.9 Å². The van der Waals surface area contributed by atoms with Crippen molar-refractivity contribution >= 4 is 5.91 Å². The van der Waals surface area contributed by atoms with Gasteiger partial charge in [-0.3, -0.25) is 9.78 Å². The lowest BCUT2D eigenvalue weighted by Crippen LogP contribution is -2.24. The van der Waals surface area contributed by atoms with Crippen LogP contribution in [0.15, 0.2) is 48.8 Å². The number of hydrogen-bond acceptors (Lipinski definition) is 4. The van der Waals surface area contributed by atoms with Gasteiger partial charge in [0.2, 0.25) is 0 Å². The summed E-state index contributed by atoms with van der Waals surface area (Å²) in [7, 11) is 0. The van der Waals surface area contributed by atoms with E-state index in [2.05, 4.69) is 46.6 Å². The number of benzene rings is 1. The van der Waals surface area contributed by atoms with Gasteiger partial charge in [-0.25, -0.2) is 4.68 Å². The van der Waals surface area contributed by atoms with Crippen LogP contribution in [0.2, 0.25) is 0 Å². The highest BCUT2D eigenvalue weighted by Crippen LogP contribution is 2.18. The minimum absolute atomic E-state index is 0.244. The van der Waals surface area contributed by atoms with Gasteiger partial charge in [-0.15, -0.1) is 5.10 Å². The van der Waals surface area contributed by atoms with Crippen LogP contribution in [0.4, 0.5) is 0 Å². The molecular weight excluding hydrogens is 314 g/mol. The molecule has 1 amide bonds. The van der Waals surface area contributed by atoms with Crippen LogP contribution in [0.3, 0.4) is 0 Å². The van der Waals surface area contributed by atoms with Crippen LogP contribution in [0, 0.1) is 6.92 Å². The summed E-state index contributed by atoms with van der Waals surface area (Å²) in [4.78, 5) is 16.4. The Morgan fingerprint density at radius 1 is 1.20 bits per heavy atom. The summed E-state index contributed by atoms with van der Waals surface area (Å²) >= 11 is 0. The third kappa shape index (κ3) is 3.74. The van der Waals surface area contributed by atoms with Gasteiger partial charge in [0.05, 0.1) is 11.4 Å². The molecule has 1 aromatic carbocycles. The Kier molecular flexibility index (Phi) is 4.88. The van der Waals surface area contributed by atoms with E-state index in [0.717, 1.165) is 11.3 Å². The second kappa shape index (κ2) is 7.25. The highest BCUT2D eigenvalue weighted by molar-refractivity contribution is 5.93. The van der Waals surface area contributed by atoms with Gasteiger partial charge in [-0.1, -0.05) is 37.3 Å². The van der Waals surface area contributed by atoms with Crippen LogP contribution in [0.5, 0.6) is 0 Å². The van der Waals surface area contributed by atoms with Gasteiger partial charge in [0.25, 0.3) is 5.91 Å². The Morgan fingerprint density at radius 2 is 1.96 bits per heavy atom. The molecule has 3 aromatic rings. The lowest BCUT2D eigenvalue weighted by molar-refractivity contribution is 0.0945. The van der Waals surface area contributed by atoms with E-state index in [9.17, 15) is 4.79 Å². The zero-order valence-electron chi connectivity index (χ0n) is 14.6. The van der Waals surface area contributed by atoms with Gasteiger partial charge in [0.15, 0.2) is 5.69 Å². The van der Waals surface area contributed by atoms with Gasteiger partial charge in [-0.2, -0.15) is 0 Å². The molecule has 2 heterocycles. The zero-order valence-corrected chi connectivity index (χ0v) is 14.6. The van der Waals surface area contributed by atoms with Crippen LogP contribution in [-0.2, 0) is 6.54 Å². The van der Waals surface area contributed by atoms with Crippen LogP contribution < -0.4 is 5.32 Å². The molecule has 3 rings (SSSR count). The topological polar surface area (TPSA) is 72.7 Å². The van der Waals surface area contributed by atoms with Crippen molar-refractivity contribution in [2.24, 2.45) is 0 Å². The third-order valence-corrected chi connectivity index (χ3v) is 4.09. The van der Waals surface area contributed by atoms with Crippen molar-refractivity contribution in [1.29, 1.82) is 0 Å². The molecule has 1 N–H and O–H groups in total. The molecular formula is C19H21N5O. The maximum atomic E-state index is 12.4. The molecule has 0 saturated heterocycles. The van der Waals surface area contributed by atoms with E-state index in [1.54, 1.807) is 17.1 Å². The van der Waals surface area contributed by atoms with E-state index in [-0.39, 0.29) is 5.91 Å². The van der Waals surface area contributed by atoms with Crippen LogP contribution in [0.25, 0.3) is 5.69 Å². The lowest BCUT2D eigenvalue weighted by Gasteiger charge is -2.08. The summed E-state index contributed by atoms with van der Waals surface area (Å²) in [5.41, 5.74) is 4.12. The van der Waals surface area contributed by atoms with Gasteiger partial charge in [0.1, 0.15) is 0 Å². The minimum Gasteiger partial charge on any atom is -0.346 e. The predicted molar refractivity (Wildman–Crippen MR) is 95.6 cm³/mol. The molecule has 0 aliphatic rings. The highest BCUT2D eigenvalue weighted by atomic mass is 16.2. The molecule has 6 heteroatoms. The monoisotopic (exact) mass is 335 g/mol. The molecule has 0 fully saturated rings. The number of nitrogens with zero attached hydrogens (tertiary/aromatic N) is 4. The summed E-state index contributed by atoms with van der Waals surface area (Å²) in [6.07, 6.45) is 3.42. The molecule has 0 spiro atoms. The Morgan fingerprint density at radius 3 is 2.60 bits per heavy atom. The second-order valence-electron chi connectivity index (χ2n) is 6.23. The first kappa shape index (κ1) is 16.8. The van der Waals surface area contributed by atoms with E-state index in [0.29, 0.717) is 23.9 Å². The summed E-state index contributed by atoms with van der Waals surface area (Å²) in [5.74, 6) is 0.228. The molecule has 0 saturated carbocycles. The van der Waals surface area contributed by atoms with Crippen molar-refractivity contribution in [1.82, 2.24) is 25.3 Å². The summed E-state index contributed by atoms with van der Waals surface area (Å²) in [5, 5.41) is 11.0. The smallest absolute Gasteiger partial charge is 0.274 e. The molecule has 128 valence electrons. The largest absolute Gasteiger partial charge is 0.346 e. The molecule has 0 atom stereocenters. The number of aromatic nitrogens is 4. The number of rotatable bonds is 5. The maximum Gasteiger partial charge on any atom is 0.274 e. The quantitative estimate of drug-likeness (QED) is 0.778. The van der Waals surface area contributed by atoms with E-state index in [4.69, 9.17) is 0 Å². The molecule has 0 aliphatic heterocycles. The third-order valence-electron chi connectivity index (χ3n) is 4.09. The number of pyridine rings is 1. The fraction of sp³-hybridized carbons (Fsp3) is 0.263. The van der Waals surface area contributed by atoms with Crippen molar-refractivity contribution < 1.29 is 4.79 Å². The number of amides is 1. The maximum absolute atomic E-state index is 12.4. The first-order valence-corrected chi connectivity index (χ1v) is 8.26. The van der Waals surface area contributed by atoms with Crippen LogP contribution in [0.1, 0.15) is 47.1 Å². The molecule has 6 nitrogen and oxygen atoms in total. The zero-order chi connectivity index (χ0) is 17.8. The van der Waals surface area contributed by atoms with Crippen molar-refractivity contribution in [3.05, 3.63) is 71.3 Å². The van der Waals surface area contributed by atoms with Gasteiger partial charge in [0, 0.05) is 18.9 Å². The Labute approximate surface area is 146 Å². The van der Waals surface area contributed by atoms with Gasteiger partial charge in [-0.05, 0) is 42.2 Å². The fourth-order valence-corrected chi connectivity index (χ4v) is 2.55. The molecule has 25 heavy (non-hydrogen) atoms. The van der Waals surface area contributed by atoms with Crippen molar-refractivity contribution in [2.75, 3.05) is 0 Å². The Hall–Kier alpha value is -3.02. The van der Waals surface area contributed by atoms with E-state index >= 15 is 0 Å². The first-order chi connectivity index (χ1) is 12.1. The highest BCUT2D eigenvalue weighted by Gasteiger charge is 2.17. The minimum atomic E-state index is -0.244. The van der Waals surface area contributed by atoms with Crippen molar-refractivity contribution in [2.45, 2.75) is 33.2 Å². The SMILES string of the molecule is Cc1c(C(=O)NCc2cccnc2)nnn1-c1ccc(C(C)C)cc1. The Bertz CT molecular complexity index is 853. The standard InChI is InChI=1S/C19H21N5O/c1-13(2)16-6-8-17(9-7-16)24-14(3)18(22-23-24)19(25)21-12-15-5-4-10-20-11-15/h4-11,13H,12H2,1-3H3,(H,21,25). The Balaban J connectivity index is 1.75. The van der Waals surface area contributed by atoms with Gasteiger partial charge < -0.3 is 5.32 Å². The summed E-state index contributed by atoms with van der Waals surface area (Å²) in [6.45, 7) is 6.55. The number of carbonyl (C=O) groups is 1. The van der Waals surface area contributed by atoms with E-state index in [1.807, 2.05) is 31.2 Å². The normalized spacial score (nSPS) is 10.9. The van der Waals surface area contributed by atoms with Crippen molar-refractivity contribution in [3.63, 3.8) is 0 Å². The molecule has 0 unspecified atom stereocenters. The lowest BCUT2D eigenvalue weighted by atomic mass is 10.0. The van der Waals surface area contributed by atoms with Crippen LogP contribution >= 0.6 is 0 Å². The average Bonchev–Trinajstić information content (AvgIpc) is 3.02. The average molecular weight is 335 g/mol. The fourth-order valence-electron chi connectivity index (χ4n) is 2.55. The van der Waals surface area contributed by atoms with E-state index < -0.39 is 0 Å². The number of carbonyl (C=O) groups excluding carboxylic acids is 1. The molecule has 0 aliphatic carbocycles. The van der Waals surface area contributed by atoms with Crippen molar-refractivity contribution in [3.8, 4) is 5.69 Å². The second-order valence-corrected chi connectivity index (χ2v) is 6.23. The summed E-state index contributed by atoms with van der Waals surface area (Å²) in [6, 6.07) is 11.9. The van der Waals surface area contributed by atoms with E-state index in [1.165, 1.54) is 5.56 Å². The molecule has 0 radical (unpaired) electrons. The van der Waals surface area contributed by atoms with Gasteiger partial charge >= 0.3 is 0 Å².